The fourth-order valence-corrected chi connectivity index (χ4v) is 2.35. The molecular formula is C14H21ClN2O. The van der Waals surface area contributed by atoms with Gasteiger partial charge in [0.05, 0.1) is 12.7 Å². The molecule has 0 spiro atoms. The molecule has 1 unspecified atom stereocenters. The second kappa shape index (κ2) is 6.98. The largest absolute Gasteiger partial charge is 0.382 e. The van der Waals surface area contributed by atoms with Crippen molar-refractivity contribution in [2.24, 2.45) is 0 Å². The monoisotopic (exact) mass is 268 g/mol. The number of nitrogens with one attached hydrogen (secondary N) is 1. The third-order valence-electron chi connectivity index (χ3n) is 3.29. The van der Waals surface area contributed by atoms with Gasteiger partial charge in [0.1, 0.15) is 0 Å². The van der Waals surface area contributed by atoms with Gasteiger partial charge in [0.15, 0.2) is 0 Å². The molecule has 0 aliphatic carbocycles. The minimum absolute atomic E-state index is 0.276. The lowest BCUT2D eigenvalue weighted by atomic mass is 10.2. The molecule has 1 aliphatic heterocycles. The first-order chi connectivity index (χ1) is 8.81. The minimum atomic E-state index is 0.276. The zero-order valence-electron chi connectivity index (χ0n) is 10.9. The van der Waals surface area contributed by atoms with Gasteiger partial charge in [-0.3, -0.25) is 4.90 Å². The lowest BCUT2D eigenvalue weighted by molar-refractivity contribution is -0.0191. The summed E-state index contributed by atoms with van der Waals surface area (Å²) in [4.78, 5) is 2.42. The SMILES string of the molecule is CCN1CCOC(CNc2cccc(CCl)c2)C1. The van der Waals surface area contributed by atoms with E-state index in [4.69, 9.17) is 16.3 Å². The van der Waals surface area contributed by atoms with Crippen molar-refractivity contribution < 1.29 is 4.74 Å². The van der Waals surface area contributed by atoms with Crippen molar-refractivity contribution in [1.29, 1.82) is 0 Å². The summed E-state index contributed by atoms with van der Waals surface area (Å²) in [6.45, 7) is 7.04. The molecule has 100 valence electrons. The zero-order valence-corrected chi connectivity index (χ0v) is 11.6. The highest BCUT2D eigenvalue weighted by Crippen LogP contribution is 2.13. The second-order valence-electron chi connectivity index (χ2n) is 4.60. The maximum atomic E-state index is 5.83. The fourth-order valence-electron chi connectivity index (χ4n) is 2.19. The molecule has 1 heterocycles. The van der Waals surface area contributed by atoms with Crippen molar-refractivity contribution >= 4 is 17.3 Å². The molecule has 1 aliphatic rings. The Morgan fingerprint density at radius 2 is 2.39 bits per heavy atom. The van der Waals surface area contributed by atoms with Crippen LogP contribution in [0.15, 0.2) is 24.3 Å². The number of benzene rings is 1. The maximum Gasteiger partial charge on any atom is 0.0874 e. The number of alkyl halides is 1. The quantitative estimate of drug-likeness (QED) is 0.831. The van der Waals surface area contributed by atoms with E-state index in [1.54, 1.807) is 0 Å². The Morgan fingerprint density at radius 3 is 3.17 bits per heavy atom. The highest BCUT2D eigenvalue weighted by atomic mass is 35.5. The molecule has 1 aromatic carbocycles. The first kappa shape index (κ1) is 13.7. The van der Waals surface area contributed by atoms with Crippen LogP contribution in [0.25, 0.3) is 0 Å². The summed E-state index contributed by atoms with van der Waals surface area (Å²) < 4.78 is 5.76. The summed E-state index contributed by atoms with van der Waals surface area (Å²) >= 11 is 5.83. The Morgan fingerprint density at radius 1 is 1.50 bits per heavy atom. The van der Waals surface area contributed by atoms with E-state index in [-0.39, 0.29) is 6.10 Å². The van der Waals surface area contributed by atoms with Crippen molar-refractivity contribution in [2.75, 3.05) is 38.1 Å². The number of hydrogen-bond acceptors (Lipinski definition) is 3. The van der Waals surface area contributed by atoms with E-state index in [1.807, 2.05) is 12.1 Å². The van der Waals surface area contributed by atoms with Crippen LogP contribution in [0.2, 0.25) is 0 Å². The molecule has 1 atom stereocenters. The topological polar surface area (TPSA) is 24.5 Å². The first-order valence-corrected chi connectivity index (χ1v) is 7.08. The summed E-state index contributed by atoms with van der Waals surface area (Å²) in [5.74, 6) is 0.555. The van der Waals surface area contributed by atoms with Crippen LogP contribution >= 0.6 is 11.6 Å². The average Bonchev–Trinajstić information content (AvgIpc) is 2.45. The van der Waals surface area contributed by atoms with Gasteiger partial charge in [-0.15, -0.1) is 11.6 Å². The van der Waals surface area contributed by atoms with Crippen molar-refractivity contribution in [3.05, 3.63) is 29.8 Å². The van der Waals surface area contributed by atoms with Gasteiger partial charge in [0, 0.05) is 31.2 Å². The van der Waals surface area contributed by atoms with Crippen LogP contribution in [0.4, 0.5) is 5.69 Å². The van der Waals surface area contributed by atoms with Crippen LogP contribution in [-0.4, -0.2) is 43.8 Å². The number of anilines is 1. The van der Waals surface area contributed by atoms with E-state index >= 15 is 0 Å². The molecule has 1 fully saturated rings. The van der Waals surface area contributed by atoms with Crippen LogP contribution in [-0.2, 0) is 10.6 Å². The summed E-state index contributed by atoms with van der Waals surface area (Å²) in [7, 11) is 0. The lowest BCUT2D eigenvalue weighted by Crippen LogP contribution is -2.45. The smallest absolute Gasteiger partial charge is 0.0874 e. The predicted molar refractivity (Wildman–Crippen MR) is 76.3 cm³/mol. The molecule has 0 aromatic heterocycles. The third-order valence-corrected chi connectivity index (χ3v) is 3.59. The van der Waals surface area contributed by atoms with Gasteiger partial charge in [-0.2, -0.15) is 0 Å². The molecule has 1 saturated heterocycles. The first-order valence-electron chi connectivity index (χ1n) is 6.54. The lowest BCUT2D eigenvalue weighted by Gasteiger charge is -2.32. The van der Waals surface area contributed by atoms with Crippen molar-refractivity contribution in [2.45, 2.75) is 18.9 Å². The van der Waals surface area contributed by atoms with Crippen LogP contribution < -0.4 is 5.32 Å². The third kappa shape index (κ3) is 3.87. The minimum Gasteiger partial charge on any atom is -0.382 e. The van der Waals surface area contributed by atoms with Crippen molar-refractivity contribution in [1.82, 2.24) is 4.90 Å². The molecular weight excluding hydrogens is 248 g/mol. The number of rotatable bonds is 5. The molecule has 4 heteroatoms. The highest BCUT2D eigenvalue weighted by molar-refractivity contribution is 6.17. The number of hydrogen-bond donors (Lipinski definition) is 1. The fraction of sp³-hybridized carbons (Fsp3) is 0.571. The van der Waals surface area contributed by atoms with E-state index in [0.29, 0.717) is 5.88 Å². The average molecular weight is 269 g/mol. The van der Waals surface area contributed by atoms with Crippen LogP contribution in [0.1, 0.15) is 12.5 Å². The molecule has 0 amide bonds. The molecule has 0 saturated carbocycles. The summed E-state index contributed by atoms with van der Waals surface area (Å²) in [6.07, 6.45) is 0.276. The highest BCUT2D eigenvalue weighted by Gasteiger charge is 2.18. The van der Waals surface area contributed by atoms with E-state index in [1.165, 1.54) is 0 Å². The van der Waals surface area contributed by atoms with Gasteiger partial charge in [0.25, 0.3) is 0 Å². The zero-order chi connectivity index (χ0) is 12.8. The van der Waals surface area contributed by atoms with Gasteiger partial charge in [-0.1, -0.05) is 19.1 Å². The Labute approximate surface area is 114 Å². The van der Waals surface area contributed by atoms with Gasteiger partial charge >= 0.3 is 0 Å². The Kier molecular flexibility index (Phi) is 5.29. The number of nitrogens with zero attached hydrogens (tertiary/aromatic N) is 1. The molecule has 0 bridgehead atoms. The standard InChI is InChI=1S/C14H21ClN2O/c1-2-17-6-7-18-14(11-17)10-16-13-5-3-4-12(8-13)9-15/h3-5,8,14,16H,2,6-7,9-11H2,1H3. The summed E-state index contributed by atoms with van der Waals surface area (Å²) in [5.41, 5.74) is 2.26. The van der Waals surface area contributed by atoms with Crippen LogP contribution in [0, 0.1) is 0 Å². The summed E-state index contributed by atoms with van der Waals surface area (Å²) in [6, 6.07) is 8.22. The molecule has 1 aromatic rings. The van der Waals surface area contributed by atoms with Gasteiger partial charge in [-0.25, -0.2) is 0 Å². The molecule has 2 rings (SSSR count). The van der Waals surface area contributed by atoms with Crippen molar-refractivity contribution in [3.63, 3.8) is 0 Å². The maximum absolute atomic E-state index is 5.83. The summed E-state index contributed by atoms with van der Waals surface area (Å²) in [5, 5.41) is 3.42. The van der Waals surface area contributed by atoms with E-state index < -0.39 is 0 Å². The van der Waals surface area contributed by atoms with E-state index in [0.717, 1.165) is 44.0 Å². The van der Waals surface area contributed by atoms with E-state index in [9.17, 15) is 0 Å². The number of halogens is 1. The predicted octanol–water partition coefficient (Wildman–Crippen LogP) is 2.56. The van der Waals surface area contributed by atoms with Gasteiger partial charge in [-0.05, 0) is 24.2 Å². The number of morpholine rings is 1. The molecule has 18 heavy (non-hydrogen) atoms. The van der Waals surface area contributed by atoms with E-state index in [2.05, 4.69) is 29.3 Å². The number of likely N-dealkylation sites (N-methyl/N-ethyl adjacent to an activating group) is 1. The molecule has 1 N–H and O–H groups in total. The van der Waals surface area contributed by atoms with Crippen molar-refractivity contribution in [3.8, 4) is 0 Å². The number of ether oxygens (including phenoxy) is 1. The Balaban J connectivity index is 1.83. The molecule has 3 nitrogen and oxygen atoms in total. The van der Waals surface area contributed by atoms with Gasteiger partial charge in [0.2, 0.25) is 0 Å². The Bertz CT molecular complexity index is 373. The van der Waals surface area contributed by atoms with Gasteiger partial charge < -0.3 is 10.1 Å². The van der Waals surface area contributed by atoms with Crippen LogP contribution in [0.5, 0.6) is 0 Å². The second-order valence-corrected chi connectivity index (χ2v) is 4.87. The normalized spacial score (nSPS) is 20.9. The Hall–Kier alpha value is -0.770. The van der Waals surface area contributed by atoms with Crippen LogP contribution in [0.3, 0.4) is 0 Å². The molecule has 0 radical (unpaired) electrons.